The van der Waals surface area contributed by atoms with Crippen LogP contribution < -0.4 is 15.0 Å². The molecule has 0 N–H and O–H groups in total. The summed E-state index contributed by atoms with van der Waals surface area (Å²) in [6.07, 6.45) is 6.88. The van der Waals surface area contributed by atoms with Gasteiger partial charge in [0.2, 0.25) is 0 Å². The Hall–Kier alpha value is -3.71. The zero-order chi connectivity index (χ0) is 25.8. The van der Waals surface area contributed by atoms with Crippen molar-refractivity contribution in [3.05, 3.63) is 98.8 Å². The minimum absolute atomic E-state index is 0.159. The predicted molar refractivity (Wildman–Crippen MR) is 144 cm³/mol. The highest BCUT2D eigenvalue weighted by molar-refractivity contribution is 6.31. The second-order valence-corrected chi connectivity index (χ2v) is 9.56. The lowest BCUT2D eigenvalue weighted by Gasteiger charge is -2.22. The highest BCUT2D eigenvalue weighted by Gasteiger charge is 2.22. The van der Waals surface area contributed by atoms with Crippen LogP contribution in [0.3, 0.4) is 0 Å². The molecule has 1 aliphatic carbocycles. The standard InChI is InChI=1S/C29H27ClFN3O3/c1-36-26-16-22(30)15-21(27(26)37-18-19-11-13-23(31)14-12-19)17-32-34-28(20-7-3-2-4-8-20)33-25-10-6-5-9-24(25)29(34)35/h5-6,9-17,20H,2-4,7-8,18H2,1H3. The molecule has 6 nitrogen and oxygen atoms in total. The molecule has 4 aromatic rings. The largest absolute Gasteiger partial charge is 0.493 e. The molecule has 1 fully saturated rings. The van der Waals surface area contributed by atoms with Gasteiger partial charge in [-0.1, -0.05) is 55.1 Å². The van der Waals surface area contributed by atoms with Gasteiger partial charge in [-0.2, -0.15) is 9.78 Å². The summed E-state index contributed by atoms with van der Waals surface area (Å²) in [6, 6.07) is 16.8. The molecular formula is C29H27ClFN3O3. The van der Waals surface area contributed by atoms with Gasteiger partial charge >= 0.3 is 0 Å². The maximum atomic E-state index is 13.5. The molecule has 37 heavy (non-hydrogen) atoms. The van der Waals surface area contributed by atoms with Crippen LogP contribution in [-0.4, -0.2) is 23.0 Å². The molecule has 1 aromatic heterocycles. The van der Waals surface area contributed by atoms with Crippen molar-refractivity contribution in [2.45, 2.75) is 44.6 Å². The molecule has 0 atom stereocenters. The minimum Gasteiger partial charge on any atom is -0.493 e. The molecule has 0 bridgehead atoms. The third-order valence-electron chi connectivity index (χ3n) is 6.63. The van der Waals surface area contributed by atoms with E-state index in [2.05, 4.69) is 5.10 Å². The SMILES string of the molecule is COc1cc(Cl)cc(C=Nn2c(C3CCCCC3)nc3ccccc3c2=O)c1OCc1ccc(F)cc1. The summed E-state index contributed by atoms with van der Waals surface area (Å²) < 4.78 is 26.3. The average molecular weight is 520 g/mol. The molecule has 0 amide bonds. The van der Waals surface area contributed by atoms with Gasteiger partial charge in [-0.3, -0.25) is 4.79 Å². The molecule has 0 aliphatic heterocycles. The number of halogens is 2. The van der Waals surface area contributed by atoms with Crippen molar-refractivity contribution in [3.8, 4) is 11.5 Å². The molecular weight excluding hydrogens is 493 g/mol. The van der Waals surface area contributed by atoms with Crippen LogP contribution in [0.25, 0.3) is 10.9 Å². The van der Waals surface area contributed by atoms with Gasteiger partial charge in [0, 0.05) is 22.6 Å². The lowest BCUT2D eigenvalue weighted by atomic mass is 9.88. The summed E-state index contributed by atoms with van der Waals surface area (Å²) in [5, 5.41) is 5.56. The Labute approximate surface area is 219 Å². The molecule has 1 saturated carbocycles. The Morgan fingerprint density at radius 3 is 2.62 bits per heavy atom. The molecule has 0 spiro atoms. The van der Waals surface area contributed by atoms with E-state index in [4.69, 9.17) is 26.1 Å². The molecule has 0 radical (unpaired) electrons. The number of hydrogen-bond donors (Lipinski definition) is 0. The zero-order valence-corrected chi connectivity index (χ0v) is 21.2. The van der Waals surface area contributed by atoms with Crippen LogP contribution in [-0.2, 0) is 6.61 Å². The van der Waals surface area contributed by atoms with E-state index in [1.807, 2.05) is 18.2 Å². The Morgan fingerprint density at radius 2 is 1.86 bits per heavy atom. The summed E-state index contributed by atoms with van der Waals surface area (Å²) in [4.78, 5) is 18.4. The first-order chi connectivity index (χ1) is 18.0. The van der Waals surface area contributed by atoms with E-state index in [9.17, 15) is 9.18 Å². The number of rotatable bonds is 7. The van der Waals surface area contributed by atoms with E-state index in [0.29, 0.717) is 38.8 Å². The maximum absolute atomic E-state index is 13.5. The zero-order valence-electron chi connectivity index (χ0n) is 20.5. The van der Waals surface area contributed by atoms with Gasteiger partial charge in [0.05, 0.1) is 24.2 Å². The van der Waals surface area contributed by atoms with Crippen molar-refractivity contribution in [1.82, 2.24) is 9.66 Å². The van der Waals surface area contributed by atoms with Crippen LogP contribution in [0, 0.1) is 5.82 Å². The van der Waals surface area contributed by atoms with Gasteiger partial charge in [-0.05, 0) is 48.7 Å². The van der Waals surface area contributed by atoms with Crippen molar-refractivity contribution >= 4 is 28.7 Å². The second kappa shape index (κ2) is 11.1. The lowest BCUT2D eigenvalue weighted by Crippen LogP contribution is -2.25. The van der Waals surface area contributed by atoms with Crippen molar-refractivity contribution in [2.24, 2.45) is 5.10 Å². The highest BCUT2D eigenvalue weighted by atomic mass is 35.5. The number of methoxy groups -OCH3 is 1. The summed E-state index contributed by atoms with van der Waals surface area (Å²) in [7, 11) is 1.52. The Bertz CT molecular complexity index is 1500. The fourth-order valence-electron chi connectivity index (χ4n) is 4.72. The summed E-state index contributed by atoms with van der Waals surface area (Å²) >= 11 is 6.36. The van der Waals surface area contributed by atoms with E-state index in [-0.39, 0.29) is 23.9 Å². The third-order valence-corrected chi connectivity index (χ3v) is 6.84. The maximum Gasteiger partial charge on any atom is 0.282 e. The Balaban J connectivity index is 1.56. The Kier molecular flexibility index (Phi) is 7.51. The van der Waals surface area contributed by atoms with Crippen LogP contribution >= 0.6 is 11.6 Å². The van der Waals surface area contributed by atoms with E-state index in [1.165, 1.54) is 30.3 Å². The lowest BCUT2D eigenvalue weighted by molar-refractivity contribution is 0.284. The quantitative estimate of drug-likeness (QED) is 0.255. The summed E-state index contributed by atoms with van der Waals surface area (Å²) in [5.41, 5.74) is 1.79. The molecule has 1 heterocycles. The molecule has 0 saturated heterocycles. The number of para-hydroxylation sites is 1. The number of hydrogen-bond acceptors (Lipinski definition) is 5. The highest BCUT2D eigenvalue weighted by Crippen LogP contribution is 2.35. The van der Waals surface area contributed by atoms with Crippen LogP contribution in [0.4, 0.5) is 4.39 Å². The number of benzene rings is 3. The van der Waals surface area contributed by atoms with Crippen molar-refractivity contribution in [2.75, 3.05) is 7.11 Å². The molecule has 0 unspecified atom stereocenters. The van der Waals surface area contributed by atoms with Crippen molar-refractivity contribution in [3.63, 3.8) is 0 Å². The fraction of sp³-hybridized carbons (Fsp3) is 0.276. The van der Waals surface area contributed by atoms with Crippen molar-refractivity contribution < 1.29 is 13.9 Å². The smallest absolute Gasteiger partial charge is 0.282 e. The molecule has 3 aromatic carbocycles. The molecule has 1 aliphatic rings. The number of nitrogens with zero attached hydrogens (tertiary/aromatic N) is 3. The van der Waals surface area contributed by atoms with E-state index in [0.717, 1.165) is 31.2 Å². The van der Waals surface area contributed by atoms with Gasteiger partial charge in [0.15, 0.2) is 11.5 Å². The monoisotopic (exact) mass is 519 g/mol. The van der Waals surface area contributed by atoms with Crippen LogP contribution in [0.2, 0.25) is 5.02 Å². The first-order valence-corrected chi connectivity index (χ1v) is 12.7. The van der Waals surface area contributed by atoms with Crippen LogP contribution in [0.15, 0.2) is 70.6 Å². The van der Waals surface area contributed by atoms with Gasteiger partial charge in [-0.15, -0.1) is 0 Å². The topological polar surface area (TPSA) is 65.7 Å². The molecule has 190 valence electrons. The van der Waals surface area contributed by atoms with Gasteiger partial charge < -0.3 is 9.47 Å². The number of aromatic nitrogens is 2. The van der Waals surface area contributed by atoms with E-state index >= 15 is 0 Å². The Morgan fingerprint density at radius 1 is 1.11 bits per heavy atom. The third kappa shape index (κ3) is 5.52. The summed E-state index contributed by atoms with van der Waals surface area (Å²) in [6.45, 7) is 0.184. The van der Waals surface area contributed by atoms with Gasteiger partial charge in [0.25, 0.3) is 5.56 Å². The van der Waals surface area contributed by atoms with Crippen LogP contribution in [0.5, 0.6) is 11.5 Å². The van der Waals surface area contributed by atoms with Gasteiger partial charge in [-0.25, -0.2) is 9.37 Å². The minimum atomic E-state index is -0.316. The summed E-state index contributed by atoms with van der Waals surface area (Å²) in [5.74, 6) is 1.35. The van der Waals surface area contributed by atoms with Gasteiger partial charge in [0.1, 0.15) is 18.2 Å². The molecule has 8 heteroatoms. The second-order valence-electron chi connectivity index (χ2n) is 9.13. The average Bonchev–Trinajstić information content (AvgIpc) is 2.93. The first-order valence-electron chi connectivity index (χ1n) is 12.3. The van der Waals surface area contributed by atoms with Crippen molar-refractivity contribution in [1.29, 1.82) is 0 Å². The number of ether oxygens (including phenoxy) is 2. The molecule has 5 rings (SSSR count). The van der Waals surface area contributed by atoms with E-state index < -0.39 is 0 Å². The first kappa shape index (κ1) is 25.0. The van der Waals surface area contributed by atoms with E-state index in [1.54, 1.807) is 36.5 Å². The normalized spacial score (nSPS) is 14.4. The predicted octanol–water partition coefficient (Wildman–Crippen LogP) is 6.71. The number of fused-ring (bicyclic) bond motifs is 1. The fourth-order valence-corrected chi connectivity index (χ4v) is 4.94. The van der Waals surface area contributed by atoms with Crippen LogP contribution in [0.1, 0.15) is 55.0 Å².